The number of carbonyl (C=O) groups is 2. The molecule has 0 fully saturated rings. The first-order chi connectivity index (χ1) is 12.1. The lowest BCUT2D eigenvalue weighted by molar-refractivity contribution is -0.384. The fraction of sp³-hybridized carbons (Fsp3) is 0.222. The fourth-order valence-electron chi connectivity index (χ4n) is 2.15. The molecule has 0 heterocycles. The minimum absolute atomic E-state index is 0.103. The van der Waals surface area contributed by atoms with Gasteiger partial charge in [0.15, 0.2) is 0 Å². The third-order valence-electron chi connectivity index (χ3n) is 3.30. The number of rotatable bonds is 4. The summed E-state index contributed by atoms with van der Waals surface area (Å²) in [5, 5.41) is 16.2. The lowest BCUT2D eigenvalue weighted by Gasteiger charge is -2.21. The Balaban J connectivity index is 2.27. The van der Waals surface area contributed by atoms with Crippen molar-refractivity contribution in [3.8, 4) is 0 Å². The molecule has 0 atom stereocenters. The Hall–Kier alpha value is -2.74. The summed E-state index contributed by atoms with van der Waals surface area (Å²) in [5.74, 6) is -0.785. The first kappa shape index (κ1) is 19.6. The maximum atomic E-state index is 12.5. The molecule has 0 spiro atoms. The summed E-state index contributed by atoms with van der Waals surface area (Å²) < 4.78 is 0.698. The van der Waals surface area contributed by atoms with Gasteiger partial charge < -0.3 is 10.6 Å². The van der Waals surface area contributed by atoms with Crippen LogP contribution in [0.4, 0.5) is 11.4 Å². The number of nitro groups is 1. The van der Waals surface area contributed by atoms with Gasteiger partial charge in [0.2, 0.25) is 0 Å². The number of benzene rings is 2. The standard InChI is InChI=1S/C18H18BrN3O4/c1-18(2,3)21-17(24)14-9-6-12(19)10-15(14)20-16(23)11-4-7-13(8-5-11)22(25)26/h4-10H,1-3H3,(H,20,23)(H,21,24). The van der Waals surface area contributed by atoms with Crippen LogP contribution in [0.25, 0.3) is 0 Å². The van der Waals surface area contributed by atoms with Gasteiger partial charge >= 0.3 is 0 Å². The van der Waals surface area contributed by atoms with Crippen molar-refractivity contribution in [1.29, 1.82) is 0 Å². The van der Waals surface area contributed by atoms with Crippen LogP contribution in [0, 0.1) is 10.1 Å². The molecule has 0 aliphatic rings. The van der Waals surface area contributed by atoms with E-state index in [0.717, 1.165) is 0 Å². The van der Waals surface area contributed by atoms with Crippen LogP contribution in [0.3, 0.4) is 0 Å². The molecule has 0 saturated carbocycles. The summed E-state index contributed by atoms with van der Waals surface area (Å²) in [6.45, 7) is 5.58. The van der Waals surface area contributed by atoms with Crippen molar-refractivity contribution >= 4 is 39.1 Å². The van der Waals surface area contributed by atoms with Gasteiger partial charge in [-0.15, -0.1) is 0 Å². The van der Waals surface area contributed by atoms with E-state index in [4.69, 9.17) is 0 Å². The molecule has 7 nitrogen and oxygen atoms in total. The Morgan fingerprint density at radius 3 is 2.19 bits per heavy atom. The number of nitrogens with one attached hydrogen (secondary N) is 2. The number of nitrogens with zero attached hydrogens (tertiary/aromatic N) is 1. The highest BCUT2D eigenvalue weighted by Gasteiger charge is 2.20. The highest BCUT2D eigenvalue weighted by atomic mass is 79.9. The van der Waals surface area contributed by atoms with E-state index in [1.807, 2.05) is 20.8 Å². The van der Waals surface area contributed by atoms with Crippen LogP contribution < -0.4 is 10.6 Å². The minimum atomic E-state index is -0.537. The smallest absolute Gasteiger partial charge is 0.269 e. The molecule has 0 saturated heterocycles. The van der Waals surface area contributed by atoms with Gasteiger partial charge in [0.05, 0.1) is 16.2 Å². The van der Waals surface area contributed by atoms with Crippen molar-refractivity contribution in [1.82, 2.24) is 5.32 Å². The van der Waals surface area contributed by atoms with E-state index >= 15 is 0 Å². The van der Waals surface area contributed by atoms with Crippen LogP contribution in [0.1, 0.15) is 41.5 Å². The van der Waals surface area contributed by atoms with E-state index in [2.05, 4.69) is 26.6 Å². The highest BCUT2D eigenvalue weighted by Crippen LogP contribution is 2.23. The first-order valence-corrected chi connectivity index (χ1v) is 8.54. The molecule has 2 rings (SSSR count). The maximum Gasteiger partial charge on any atom is 0.269 e. The van der Waals surface area contributed by atoms with Gasteiger partial charge in [-0.25, -0.2) is 0 Å². The van der Waals surface area contributed by atoms with Gasteiger partial charge in [0.25, 0.3) is 17.5 Å². The zero-order valence-electron chi connectivity index (χ0n) is 14.5. The summed E-state index contributed by atoms with van der Waals surface area (Å²) in [6, 6.07) is 10.2. The second-order valence-electron chi connectivity index (χ2n) is 6.65. The lowest BCUT2D eigenvalue weighted by atomic mass is 10.1. The Bertz CT molecular complexity index is 858. The topological polar surface area (TPSA) is 101 Å². The van der Waals surface area contributed by atoms with Crippen molar-refractivity contribution in [2.45, 2.75) is 26.3 Å². The maximum absolute atomic E-state index is 12.5. The monoisotopic (exact) mass is 419 g/mol. The summed E-state index contributed by atoms with van der Waals surface area (Å²) in [4.78, 5) is 35.1. The van der Waals surface area contributed by atoms with Crippen LogP contribution in [-0.2, 0) is 0 Å². The summed E-state index contributed by atoms with van der Waals surface area (Å²) >= 11 is 3.32. The second-order valence-corrected chi connectivity index (χ2v) is 7.57. The van der Waals surface area contributed by atoms with Gasteiger partial charge in [-0.2, -0.15) is 0 Å². The van der Waals surface area contributed by atoms with Crippen LogP contribution in [-0.4, -0.2) is 22.3 Å². The molecule has 2 amide bonds. The van der Waals surface area contributed by atoms with Gasteiger partial charge in [0, 0.05) is 27.7 Å². The van der Waals surface area contributed by atoms with Gasteiger partial charge in [0.1, 0.15) is 0 Å². The number of carbonyl (C=O) groups excluding carboxylic acids is 2. The molecule has 0 bridgehead atoms. The summed E-state index contributed by atoms with van der Waals surface area (Å²) in [6.07, 6.45) is 0. The van der Waals surface area contributed by atoms with E-state index < -0.39 is 16.4 Å². The van der Waals surface area contributed by atoms with E-state index in [1.165, 1.54) is 24.3 Å². The molecule has 0 radical (unpaired) electrons. The van der Waals surface area contributed by atoms with Crippen molar-refractivity contribution in [2.24, 2.45) is 0 Å². The molecular weight excluding hydrogens is 402 g/mol. The van der Waals surface area contributed by atoms with E-state index in [1.54, 1.807) is 18.2 Å². The molecule has 8 heteroatoms. The third-order valence-corrected chi connectivity index (χ3v) is 3.80. The van der Waals surface area contributed by atoms with Crippen molar-refractivity contribution < 1.29 is 14.5 Å². The van der Waals surface area contributed by atoms with Crippen molar-refractivity contribution in [3.05, 3.63) is 68.2 Å². The average molecular weight is 420 g/mol. The second kappa shape index (κ2) is 7.65. The number of non-ortho nitro benzene ring substituents is 1. The predicted molar refractivity (Wildman–Crippen MR) is 102 cm³/mol. The first-order valence-electron chi connectivity index (χ1n) is 7.75. The molecular formula is C18H18BrN3O4. The molecule has 26 heavy (non-hydrogen) atoms. The molecule has 0 unspecified atom stereocenters. The molecule has 2 aromatic carbocycles. The lowest BCUT2D eigenvalue weighted by Crippen LogP contribution is -2.40. The van der Waals surface area contributed by atoms with Crippen LogP contribution >= 0.6 is 15.9 Å². The fourth-order valence-corrected chi connectivity index (χ4v) is 2.52. The van der Waals surface area contributed by atoms with E-state index in [-0.39, 0.29) is 17.2 Å². The van der Waals surface area contributed by atoms with Crippen molar-refractivity contribution in [2.75, 3.05) is 5.32 Å². The summed E-state index contributed by atoms with van der Waals surface area (Å²) in [5.41, 5.74) is 0.374. The number of nitro benzene ring substituents is 1. The molecule has 0 aromatic heterocycles. The molecule has 2 N–H and O–H groups in total. The molecule has 0 aliphatic heterocycles. The number of hydrogen-bond donors (Lipinski definition) is 2. The van der Waals surface area contributed by atoms with E-state index in [9.17, 15) is 19.7 Å². The van der Waals surface area contributed by atoms with Crippen LogP contribution in [0.2, 0.25) is 0 Å². The normalized spacial score (nSPS) is 10.9. The Morgan fingerprint density at radius 2 is 1.65 bits per heavy atom. The Kier molecular flexibility index (Phi) is 5.76. The average Bonchev–Trinajstić information content (AvgIpc) is 2.53. The molecule has 2 aromatic rings. The number of amides is 2. The number of hydrogen-bond acceptors (Lipinski definition) is 4. The van der Waals surface area contributed by atoms with Gasteiger partial charge in [-0.3, -0.25) is 19.7 Å². The quantitative estimate of drug-likeness (QED) is 0.574. The Labute approximate surface area is 159 Å². The largest absolute Gasteiger partial charge is 0.347 e. The molecule has 0 aliphatic carbocycles. The van der Waals surface area contributed by atoms with Crippen LogP contribution in [0.15, 0.2) is 46.9 Å². The zero-order chi connectivity index (χ0) is 19.5. The van der Waals surface area contributed by atoms with Crippen molar-refractivity contribution in [3.63, 3.8) is 0 Å². The van der Waals surface area contributed by atoms with E-state index in [0.29, 0.717) is 15.7 Å². The predicted octanol–water partition coefficient (Wildman–Crippen LogP) is 4.14. The van der Waals surface area contributed by atoms with Gasteiger partial charge in [-0.1, -0.05) is 15.9 Å². The third kappa shape index (κ3) is 5.13. The Morgan fingerprint density at radius 1 is 1.04 bits per heavy atom. The minimum Gasteiger partial charge on any atom is -0.347 e. The summed E-state index contributed by atoms with van der Waals surface area (Å²) in [7, 11) is 0. The number of anilines is 1. The molecule has 136 valence electrons. The number of halogens is 1. The van der Waals surface area contributed by atoms with Gasteiger partial charge in [-0.05, 0) is 51.1 Å². The zero-order valence-corrected chi connectivity index (χ0v) is 16.1. The SMILES string of the molecule is CC(C)(C)NC(=O)c1ccc(Br)cc1NC(=O)c1ccc([N+](=O)[O-])cc1. The highest BCUT2D eigenvalue weighted by molar-refractivity contribution is 9.10. The van der Waals surface area contributed by atoms with Crippen LogP contribution in [0.5, 0.6) is 0 Å².